The van der Waals surface area contributed by atoms with Gasteiger partial charge in [0.25, 0.3) is 11.8 Å². The van der Waals surface area contributed by atoms with E-state index in [1.54, 1.807) is 45.0 Å². The van der Waals surface area contributed by atoms with Crippen LogP contribution >= 0.6 is 0 Å². The molecule has 154 valence electrons. The number of primary amides is 1. The maximum absolute atomic E-state index is 13.7. The second-order valence-corrected chi connectivity index (χ2v) is 7.15. The Balaban J connectivity index is 0.000000416. The zero-order chi connectivity index (χ0) is 21.3. The number of halogens is 1. The molecule has 0 aromatic heterocycles. The van der Waals surface area contributed by atoms with E-state index in [1.807, 2.05) is 0 Å². The molecule has 1 aromatic carbocycles. The predicted octanol–water partition coefficient (Wildman–Crippen LogP) is 3.18. The van der Waals surface area contributed by atoms with Gasteiger partial charge < -0.3 is 15.6 Å². The molecule has 2 rings (SSSR count). The highest BCUT2D eigenvalue weighted by Crippen LogP contribution is 2.23. The number of aliphatic hydroxyl groups excluding tert-OH is 1. The largest absolute Gasteiger partial charge is 0.444 e. The molecule has 3 amide bonds. The number of hydrogen-bond donors (Lipinski definition) is 2. The lowest BCUT2D eigenvalue weighted by molar-refractivity contribution is 0.0597. The van der Waals surface area contributed by atoms with Crippen molar-refractivity contribution in [3.63, 3.8) is 0 Å². The van der Waals surface area contributed by atoms with Crippen LogP contribution in [-0.4, -0.2) is 46.7 Å². The quantitative estimate of drug-likeness (QED) is 0.569. The summed E-state index contributed by atoms with van der Waals surface area (Å²) in [5, 5.41) is 8.62. The number of imide groups is 1. The molecular weight excluding hydrogens is 367 g/mol. The number of benzene rings is 1. The molecule has 0 unspecified atom stereocenters. The topological polar surface area (TPSA) is 110 Å². The second kappa shape index (κ2) is 10.6. The summed E-state index contributed by atoms with van der Waals surface area (Å²) in [6, 6.07) is 6.49. The maximum Gasteiger partial charge on any atom is 0.405 e. The number of hydrogen-bond acceptors (Lipinski definition) is 5. The zero-order valence-corrected chi connectivity index (χ0v) is 16.4. The Kier molecular flexibility index (Phi) is 8.78. The van der Waals surface area contributed by atoms with Crippen LogP contribution in [0.4, 0.5) is 9.18 Å². The van der Waals surface area contributed by atoms with Gasteiger partial charge in [0, 0.05) is 6.61 Å². The van der Waals surface area contributed by atoms with Gasteiger partial charge in [0.15, 0.2) is 0 Å². The lowest BCUT2D eigenvalue weighted by Gasteiger charge is -2.16. The molecular formula is C20H27FN2O5. The first kappa shape index (κ1) is 23.3. The number of amides is 3. The summed E-state index contributed by atoms with van der Waals surface area (Å²) in [4.78, 5) is 34.9. The van der Waals surface area contributed by atoms with Gasteiger partial charge in [0.2, 0.25) is 0 Å². The first-order chi connectivity index (χ1) is 13.1. The highest BCUT2D eigenvalue weighted by atomic mass is 19.1. The molecule has 3 N–H and O–H groups in total. The number of rotatable bonds is 6. The van der Waals surface area contributed by atoms with Gasteiger partial charge in [-0.05, 0) is 52.2 Å². The summed E-state index contributed by atoms with van der Waals surface area (Å²) in [5.74, 6) is -1.41. The Morgan fingerprint density at radius 2 is 1.71 bits per heavy atom. The van der Waals surface area contributed by atoms with Crippen LogP contribution < -0.4 is 5.73 Å². The van der Waals surface area contributed by atoms with Crippen LogP contribution in [0.25, 0.3) is 0 Å². The summed E-state index contributed by atoms with van der Waals surface area (Å²) in [6.07, 6.45) is 2.40. The third-order valence-electron chi connectivity index (χ3n) is 3.57. The first-order valence-corrected chi connectivity index (χ1v) is 8.96. The molecule has 0 aliphatic carbocycles. The van der Waals surface area contributed by atoms with Gasteiger partial charge in [0.05, 0.1) is 17.7 Å². The highest BCUT2D eigenvalue weighted by molar-refractivity contribution is 6.21. The Labute approximate surface area is 164 Å². The van der Waals surface area contributed by atoms with Crippen LogP contribution in [0.2, 0.25) is 0 Å². The minimum atomic E-state index is -0.725. The van der Waals surface area contributed by atoms with Crippen molar-refractivity contribution >= 4 is 17.9 Å². The molecule has 1 aromatic rings. The number of carbonyl (C=O) groups is 3. The molecule has 0 radical (unpaired) electrons. The van der Waals surface area contributed by atoms with E-state index in [0.29, 0.717) is 30.4 Å². The van der Waals surface area contributed by atoms with Crippen LogP contribution in [0.3, 0.4) is 0 Å². The maximum atomic E-state index is 13.7. The molecule has 0 saturated heterocycles. The van der Waals surface area contributed by atoms with Crippen molar-refractivity contribution in [1.82, 2.24) is 4.90 Å². The van der Waals surface area contributed by atoms with Gasteiger partial charge in [-0.1, -0.05) is 18.2 Å². The number of nitrogens with two attached hydrogens (primary N) is 1. The highest BCUT2D eigenvalue weighted by Gasteiger charge is 2.35. The predicted molar refractivity (Wildman–Crippen MR) is 102 cm³/mol. The molecule has 28 heavy (non-hydrogen) atoms. The van der Waals surface area contributed by atoms with Crippen molar-refractivity contribution in [1.29, 1.82) is 0 Å². The van der Waals surface area contributed by atoms with E-state index in [9.17, 15) is 18.8 Å². The van der Waals surface area contributed by atoms with Crippen LogP contribution in [0.5, 0.6) is 0 Å². The second-order valence-electron chi connectivity index (χ2n) is 7.15. The summed E-state index contributed by atoms with van der Waals surface area (Å²) >= 11 is 0. The summed E-state index contributed by atoms with van der Waals surface area (Å²) in [5.41, 5.74) is 4.91. The fourth-order valence-electron chi connectivity index (χ4n) is 2.41. The minimum Gasteiger partial charge on any atom is -0.444 e. The fraction of sp³-hybridized carbons (Fsp3) is 0.450. The molecule has 8 heteroatoms. The van der Waals surface area contributed by atoms with Gasteiger partial charge in [-0.25, -0.2) is 9.18 Å². The molecule has 0 saturated carbocycles. The Hall–Kier alpha value is -2.74. The van der Waals surface area contributed by atoms with Crippen LogP contribution in [-0.2, 0) is 4.74 Å². The van der Waals surface area contributed by atoms with Gasteiger partial charge >= 0.3 is 6.09 Å². The molecule has 0 bridgehead atoms. The normalized spacial score (nSPS) is 13.8. The monoisotopic (exact) mass is 394 g/mol. The summed E-state index contributed by atoms with van der Waals surface area (Å²) in [6.45, 7) is 5.03. The van der Waals surface area contributed by atoms with Crippen LogP contribution in [0.1, 0.15) is 60.7 Å². The van der Waals surface area contributed by atoms with Gasteiger partial charge in [-0.15, -0.1) is 0 Å². The molecule has 1 aliphatic heterocycles. The minimum absolute atomic E-state index is 0.0772. The Morgan fingerprint density at radius 3 is 2.11 bits per heavy atom. The molecule has 1 heterocycles. The third kappa shape index (κ3) is 7.48. The smallest absolute Gasteiger partial charge is 0.405 e. The van der Waals surface area contributed by atoms with Gasteiger partial charge in [-0.3, -0.25) is 14.5 Å². The van der Waals surface area contributed by atoms with Crippen molar-refractivity contribution in [3.8, 4) is 0 Å². The molecule has 1 aliphatic rings. The van der Waals surface area contributed by atoms with E-state index < -0.39 is 29.3 Å². The van der Waals surface area contributed by atoms with E-state index in [2.05, 4.69) is 4.74 Å². The van der Waals surface area contributed by atoms with E-state index in [-0.39, 0.29) is 13.2 Å². The van der Waals surface area contributed by atoms with Gasteiger partial charge in [0.1, 0.15) is 11.4 Å². The van der Waals surface area contributed by atoms with Crippen molar-refractivity contribution < 1.29 is 28.6 Å². The lowest BCUT2D eigenvalue weighted by atomic mass is 10.1. The van der Waals surface area contributed by atoms with Crippen molar-refractivity contribution in [3.05, 3.63) is 47.3 Å². The van der Waals surface area contributed by atoms with Crippen LogP contribution in [0, 0.1) is 0 Å². The first-order valence-electron chi connectivity index (χ1n) is 8.96. The number of allylic oxidation sites excluding steroid dienone is 1. The molecule has 7 nitrogen and oxygen atoms in total. The van der Waals surface area contributed by atoms with Gasteiger partial charge in [-0.2, -0.15) is 0 Å². The standard InChI is InChI=1S/C15H16FNO3.C5H11NO2/c16-11(6-2-1-5-9-18)10-17-14(19)12-7-3-4-8-13(12)15(17)20;1-5(2,3)8-4(6)7/h3-4,6-8,18H,1-2,5,9-10H2;1-3H3,(H2,6,7)/b11-6-;. The molecule has 0 fully saturated rings. The summed E-state index contributed by atoms with van der Waals surface area (Å²) < 4.78 is 18.3. The van der Waals surface area contributed by atoms with E-state index in [4.69, 9.17) is 10.8 Å². The fourth-order valence-corrected chi connectivity index (χ4v) is 2.41. The zero-order valence-electron chi connectivity index (χ0n) is 16.4. The van der Waals surface area contributed by atoms with Crippen molar-refractivity contribution in [2.24, 2.45) is 5.73 Å². The Morgan fingerprint density at radius 1 is 1.18 bits per heavy atom. The van der Waals surface area contributed by atoms with E-state index >= 15 is 0 Å². The Bertz CT molecular complexity index is 705. The number of fused-ring (bicyclic) bond motifs is 1. The van der Waals surface area contributed by atoms with Crippen molar-refractivity contribution in [2.45, 2.75) is 45.6 Å². The number of carbonyl (C=O) groups excluding carboxylic acids is 3. The number of ether oxygens (including phenoxy) is 1. The molecule has 0 atom stereocenters. The SMILES string of the molecule is CC(C)(C)OC(N)=O.O=C1c2ccccc2C(=O)N1C/C(F)=C/CCCCO. The van der Waals surface area contributed by atoms with Crippen LogP contribution in [0.15, 0.2) is 36.2 Å². The molecule has 0 spiro atoms. The van der Waals surface area contributed by atoms with E-state index in [0.717, 1.165) is 4.90 Å². The number of unbranched alkanes of at least 4 members (excludes halogenated alkanes) is 2. The average Bonchev–Trinajstić information content (AvgIpc) is 2.83. The number of aliphatic hydroxyl groups is 1. The summed E-state index contributed by atoms with van der Waals surface area (Å²) in [7, 11) is 0. The third-order valence-corrected chi connectivity index (χ3v) is 3.57. The average molecular weight is 394 g/mol. The van der Waals surface area contributed by atoms with Crippen molar-refractivity contribution in [2.75, 3.05) is 13.2 Å². The number of nitrogens with zero attached hydrogens (tertiary/aromatic N) is 1. The van der Waals surface area contributed by atoms with E-state index in [1.165, 1.54) is 6.08 Å². The lowest BCUT2D eigenvalue weighted by Crippen LogP contribution is -2.31.